The number of nitrogens with one attached hydrogen (secondary N) is 2. The molecular formula is C19H18N6OS2. The van der Waals surface area contributed by atoms with Gasteiger partial charge in [-0.1, -0.05) is 4.49 Å². The summed E-state index contributed by atoms with van der Waals surface area (Å²) in [4.78, 5) is 23.5. The zero-order chi connectivity index (χ0) is 19.1. The molecule has 7 nitrogen and oxygen atoms in total. The summed E-state index contributed by atoms with van der Waals surface area (Å²) in [5, 5.41) is 11.6. The molecule has 0 radical (unpaired) electrons. The highest BCUT2D eigenvalue weighted by Gasteiger charge is 2.28. The molecule has 0 saturated heterocycles. The second kappa shape index (κ2) is 7.06. The molecule has 4 aromatic rings. The molecule has 0 fully saturated rings. The van der Waals surface area contributed by atoms with Crippen molar-refractivity contribution in [2.24, 2.45) is 5.92 Å². The summed E-state index contributed by atoms with van der Waals surface area (Å²) in [7, 11) is 0. The predicted octanol–water partition coefficient (Wildman–Crippen LogP) is 3.68. The Bertz CT molecular complexity index is 1180. The van der Waals surface area contributed by atoms with Crippen molar-refractivity contribution in [3.63, 3.8) is 0 Å². The van der Waals surface area contributed by atoms with Crippen LogP contribution in [0.5, 0.6) is 0 Å². The lowest BCUT2D eigenvalue weighted by Gasteiger charge is -2.21. The molecule has 5 rings (SSSR count). The number of nitrogens with zero attached hydrogens (tertiary/aromatic N) is 4. The summed E-state index contributed by atoms with van der Waals surface area (Å²) < 4.78 is 5.03. The number of fused-ring (bicyclic) bond motifs is 4. The van der Waals surface area contributed by atoms with Gasteiger partial charge in [-0.05, 0) is 61.5 Å². The molecule has 142 valence electrons. The number of rotatable bonds is 4. The average Bonchev–Trinajstić information content (AvgIpc) is 3.31. The van der Waals surface area contributed by atoms with Gasteiger partial charge in [-0.25, -0.2) is 9.97 Å². The highest BCUT2D eigenvalue weighted by molar-refractivity contribution is 7.19. The van der Waals surface area contributed by atoms with Crippen molar-refractivity contribution in [1.82, 2.24) is 24.9 Å². The van der Waals surface area contributed by atoms with Crippen LogP contribution in [0.2, 0.25) is 0 Å². The van der Waals surface area contributed by atoms with Crippen LogP contribution in [0.15, 0.2) is 24.5 Å². The Kier molecular flexibility index (Phi) is 4.40. The molecule has 0 spiro atoms. The van der Waals surface area contributed by atoms with E-state index < -0.39 is 0 Å². The minimum atomic E-state index is 0.0473. The number of benzene rings is 1. The highest BCUT2D eigenvalue weighted by atomic mass is 32.1. The van der Waals surface area contributed by atoms with Gasteiger partial charge in [0.05, 0.1) is 10.1 Å². The molecule has 1 atom stereocenters. The number of aryl methyl sites for hydroxylation is 1. The number of hydrogen-bond donors (Lipinski definition) is 2. The lowest BCUT2D eigenvalue weighted by atomic mass is 9.87. The summed E-state index contributed by atoms with van der Waals surface area (Å²) >= 11 is 3.06. The molecular weight excluding hydrogens is 392 g/mol. The number of carbonyl (C=O) groups is 1. The molecule has 3 aromatic heterocycles. The topological polar surface area (TPSA) is 92.7 Å². The smallest absolute Gasteiger partial charge is 0.223 e. The van der Waals surface area contributed by atoms with Gasteiger partial charge in [-0.15, -0.1) is 16.4 Å². The number of amides is 1. The van der Waals surface area contributed by atoms with E-state index >= 15 is 0 Å². The van der Waals surface area contributed by atoms with Gasteiger partial charge in [0.1, 0.15) is 22.5 Å². The number of thiophene rings is 1. The first-order valence-corrected chi connectivity index (χ1v) is 10.8. The fourth-order valence-electron chi connectivity index (χ4n) is 3.74. The standard InChI is InChI=1S/C19H18N6OS2/c1-2-20-18(26)10-3-5-12-14(7-10)27-19-16(12)17(21-9-22-19)23-11-4-6-13-15(8-11)28-25-24-13/h4,6,8-10H,2-3,5,7H2,1H3,(H,20,26)(H,21,22,23)/t10-/m0/s1. The van der Waals surface area contributed by atoms with Crippen LogP contribution in [0.3, 0.4) is 0 Å². The van der Waals surface area contributed by atoms with Crippen molar-refractivity contribution in [2.45, 2.75) is 26.2 Å². The fraction of sp³-hybridized carbons (Fsp3) is 0.316. The number of anilines is 2. The normalized spacial score (nSPS) is 16.2. The number of hydrogen-bond acceptors (Lipinski definition) is 8. The third kappa shape index (κ3) is 3.00. The molecule has 0 saturated carbocycles. The van der Waals surface area contributed by atoms with E-state index in [0.717, 1.165) is 51.2 Å². The Morgan fingerprint density at radius 1 is 1.32 bits per heavy atom. The maximum absolute atomic E-state index is 12.3. The van der Waals surface area contributed by atoms with E-state index in [1.54, 1.807) is 17.7 Å². The van der Waals surface area contributed by atoms with E-state index in [9.17, 15) is 4.79 Å². The van der Waals surface area contributed by atoms with Gasteiger partial charge in [0.15, 0.2) is 0 Å². The van der Waals surface area contributed by atoms with Crippen LogP contribution in [0, 0.1) is 5.92 Å². The fourth-order valence-corrected chi connectivity index (χ4v) is 5.61. The van der Waals surface area contributed by atoms with Crippen molar-refractivity contribution >= 4 is 60.7 Å². The van der Waals surface area contributed by atoms with E-state index in [4.69, 9.17) is 0 Å². The minimum absolute atomic E-state index is 0.0473. The largest absolute Gasteiger partial charge is 0.356 e. The molecule has 9 heteroatoms. The van der Waals surface area contributed by atoms with Gasteiger partial charge in [-0.3, -0.25) is 4.79 Å². The van der Waals surface area contributed by atoms with E-state index in [-0.39, 0.29) is 11.8 Å². The Balaban J connectivity index is 1.50. The van der Waals surface area contributed by atoms with Gasteiger partial charge in [0.25, 0.3) is 0 Å². The molecule has 2 N–H and O–H groups in total. The van der Waals surface area contributed by atoms with E-state index in [0.29, 0.717) is 6.54 Å². The molecule has 1 aliphatic rings. The maximum Gasteiger partial charge on any atom is 0.223 e. The lowest BCUT2D eigenvalue weighted by molar-refractivity contribution is -0.125. The van der Waals surface area contributed by atoms with Crippen LogP contribution in [-0.4, -0.2) is 32.0 Å². The summed E-state index contributed by atoms with van der Waals surface area (Å²) in [6.45, 7) is 2.63. The average molecular weight is 411 g/mol. The number of aromatic nitrogens is 4. The first-order chi connectivity index (χ1) is 13.7. The second-order valence-electron chi connectivity index (χ2n) is 6.82. The zero-order valence-corrected chi connectivity index (χ0v) is 16.9. The van der Waals surface area contributed by atoms with Crippen LogP contribution in [0.1, 0.15) is 23.8 Å². The van der Waals surface area contributed by atoms with Crippen LogP contribution < -0.4 is 10.6 Å². The molecule has 0 unspecified atom stereocenters. The zero-order valence-electron chi connectivity index (χ0n) is 15.2. The molecule has 0 aliphatic heterocycles. The van der Waals surface area contributed by atoms with E-state index in [1.807, 2.05) is 25.1 Å². The van der Waals surface area contributed by atoms with Crippen LogP contribution in [0.4, 0.5) is 11.5 Å². The van der Waals surface area contributed by atoms with Crippen LogP contribution in [-0.2, 0) is 17.6 Å². The van der Waals surface area contributed by atoms with Crippen molar-refractivity contribution in [3.8, 4) is 0 Å². The second-order valence-corrected chi connectivity index (χ2v) is 8.69. The third-order valence-electron chi connectivity index (χ3n) is 5.08. The lowest BCUT2D eigenvalue weighted by Crippen LogP contribution is -2.33. The van der Waals surface area contributed by atoms with Gasteiger partial charge < -0.3 is 10.6 Å². The molecule has 1 aliphatic carbocycles. The van der Waals surface area contributed by atoms with Gasteiger partial charge in [-0.2, -0.15) is 0 Å². The molecule has 28 heavy (non-hydrogen) atoms. The quantitative estimate of drug-likeness (QED) is 0.533. The Hall–Kier alpha value is -2.65. The van der Waals surface area contributed by atoms with Crippen molar-refractivity contribution in [3.05, 3.63) is 35.0 Å². The highest BCUT2D eigenvalue weighted by Crippen LogP contribution is 2.40. The minimum Gasteiger partial charge on any atom is -0.356 e. The summed E-state index contributed by atoms with van der Waals surface area (Å²) in [5.41, 5.74) is 3.13. The van der Waals surface area contributed by atoms with Crippen molar-refractivity contribution < 1.29 is 4.79 Å². The summed E-state index contributed by atoms with van der Waals surface area (Å²) in [6.07, 6.45) is 4.11. The summed E-state index contributed by atoms with van der Waals surface area (Å²) in [5.74, 6) is 1.02. The number of carbonyl (C=O) groups excluding carboxylic acids is 1. The summed E-state index contributed by atoms with van der Waals surface area (Å²) in [6, 6.07) is 5.99. The van der Waals surface area contributed by atoms with Crippen molar-refractivity contribution in [2.75, 3.05) is 11.9 Å². The first-order valence-electron chi connectivity index (χ1n) is 9.25. The third-order valence-corrected chi connectivity index (χ3v) is 6.93. The molecule has 0 bridgehead atoms. The van der Waals surface area contributed by atoms with Gasteiger partial charge >= 0.3 is 0 Å². The van der Waals surface area contributed by atoms with E-state index in [1.165, 1.54) is 22.0 Å². The Labute approximate surface area is 169 Å². The maximum atomic E-state index is 12.3. The van der Waals surface area contributed by atoms with Gasteiger partial charge in [0.2, 0.25) is 5.91 Å². The Morgan fingerprint density at radius 2 is 2.25 bits per heavy atom. The predicted molar refractivity (Wildman–Crippen MR) is 112 cm³/mol. The van der Waals surface area contributed by atoms with E-state index in [2.05, 4.69) is 30.2 Å². The molecule has 1 aromatic carbocycles. The molecule has 3 heterocycles. The van der Waals surface area contributed by atoms with Crippen molar-refractivity contribution in [1.29, 1.82) is 0 Å². The Morgan fingerprint density at radius 3 is 3.14 bits per heavy atom. The first kappa shape index (κ1) is 17.4. The monoisotopic (exact) mass is 410 g/mol. The van der Waals surface area contributed by atoms with Gasteiger partial charge in [0, 0.05) is 23.0 Å². The SMILES string of the molecule is CCNC(=O)[C@H]1CCc2c(sc3ncnc(Nc4ccc5nnsc5c4)c23)C1. The van der Waals surface area contributed by atoms with Crippen LogP contribution >= 0.6 is 22.9 Å². The van der Waals surface area contributed by atoms with Crippen LogP contribution in [0.25, 0.3) is 20.4 Å². The molecule has 1 amide bonds.